The van der Waals surface area contributed by atoms with E-state index in [1.807, 2.05) is 30.3 Å². The lowest BCUT2D eigenvalue weighted by atomic mass is 10.0. The molecule has 0 radical (unpaired) electrons. The van der Waals surface area contributed by atoms with E-state index in [1.54, 1.807) is 24.3 Å². The van der Waals surface area contributed by atoms with Crippen LogP contribution in [0.25, 0.3) is 11.3 Å². The third-order valence-corrected chi connectivity index (χ3v) is 4.62. The average molecular weight is 369 g/mol. The molecule has 0 unspecified atom stereocenters. The largest absolute Gasteiger partial charge is 0.392 e. The van der Waals surface area contributed by atoms with Gasteiger partial charge in [0.15, 0.2) is 9.84 Å². The molecule has 26 heavy (non-hydrogen) atoms. The van der Waals surface area contributed by atoms with E-state index >= 15 is 0 Å². The molecule has 0 fully saturated rings. The van der Waals surface area contributed by atoms with Crippen molar-refractivity contribution in [1.29, 1.82) is 0 Å². The van der Waals surface area contributed by atoms with Crippen molar-refractivity contribution in [2.45, 2.75) is 12.4 Å². The summed E-state index contributed by atoms with van der Waals surface area (Å²) in [7, 11) is -3.09. The Morgan fingerprint density at radius 3 is 2.62 bits per heavy atom. The second kappa shape index (κ2) is 7.63. The second-order valence-electron chi connectivity index (χ2n) is 6.00. The van der Waals surface area contributed by atoms with Crippen LogP contribution in [0.5, 0.6) is 0 Å². The van der Waals surface area contributed by atoms with E-state index in [4.69, 9.17) is 0 Å². The van der Waals surface area contributed by atoms with Crippen molar-refractivity contribution in [3.8, 4) is 11.3 Å². The normalized spacial score (nSPS) is 11.3. The zero-order valence-corrected chi connectivity index (χ0v) is 15.1. The van der Waals surface area contributed by atoms with E-state index < -0.39 is 9.84 Å². The summed E-state index contributed by atoms with van der Waals surface area (Å²) in [4.78, 5) is 8.50. The van der Waals surface area contributed by atoms with Crippen LogP contribution in [0.1, 0.15) is 11.1 Å². The maximum Gasteiger partial charge on any atom is 0.151 e. The lowest BCUT2D eigenvalue weighted by Crippen LogP contribution is -2.02. The van der Waals surface area contributed by atoms with Gasteiger partial charge in [-0.2, -0.15) is 0 Å². The first-order valence-corrected chi connectivity index (χ1v) is 10.1. The smallest absolute Gasteiger partial charge is 0.151 e. The zero-order valence-electron chi connectivity index (χ0n) is 14.3. The van der Waals surface area contributed by atoms with Gasteiger partial charge in [0.1, 0.15) is 12.1 Å². The zero-order chi connectivity index (χ0) is 18.6. The van der Waals surface area contributed by atoms with Gasteiger partial charge in [-0.05, 0) is 23.3 Å². The van der Waals surface area contributed by atoms with Crippen molar-refractivity contribution in [3.63, 3.8) is 0 Å². The summed E-state index contributed by atoms with van der Waals surface area (Å²) < 4.78 is 22.9. The van der Waals surface area contributed by atoms with Gasteiger partial charge >= 0.3 is 0 Å². The van der Waals surface area contributed by atoms with Gasteiger partial charge in [0.2, 0.25) is 0 Å². The van der Waals surface area contributed by atoms with E-state index in [0.717, 1.165) is 16.8 Å². The number of hydrogen-bond donors (Lipinski definition) is 2. The molecule has 7 heteroatoms. The highest BCUT2D eigenvalue weighted by atomic mass is 32.2. The molecule has 6 nitrogen and oxygen atoms in total. The molecular formula is C19H19N3O3S. The fraction of sp³-hybridized carbons (Fsp3) is 0.158. The van der Waals surface area contributed by atoms with E-state index in [1.165, 1.54) is 12.6 Å². The number of nitrogens with zero attached hydrogens (tertiary/aromatic N) is 2. The van der Waals surface area contributed by atoms with Crippen LogP contribution in [-0.4, -0.2) is 29.7 Å². The average Bonchev–Trinajstić information content (AvgIpc) is 2.61. The fourth-order valence-electron chi connectivity index (χ4n) is 2.67. The summed E-state index contributed by atoms with van der Waals surface area (Å²) in [5.74, 6) is 0.570. The summed E-state index contributed by atoms with van der Waals surface area (Å²) in [6.07, 6.45) is 2.66. The summed E-state index contributed by atoms with van der Waals surface area (Å²) >= 11 is 0. The molecule has 0 aliphatic carbocycles. The highest BCUT2D eigenvalue weighted by Crippen LogP contribution is 2.24. The third-order valence-electron chi connectivity index (χ3n) is 3.76. The molecular weight excluding hydrogens is 350 g/mol. The molecule has 2 N–H and O–H groups in total. The molecule has 2 aromatic carbocycles. The number of hydrogen-bond acceptors (Lipinski definition) is 6. The van der Waals surface area contributed by atoms with Crippen LogP contribution in [0.4, 0.5) is 11.5 Å². The van der Waals surface area contributed by atoms with Crippen molar-refractivity contribution in [1.82, 2.24) is 9.97 Å². The number of rotatable bonds is 6. The summed E-state index contributed by atoms with van der Waals surface area (Å²) in [6.45, 7) is -0.0729. The minimum absolute atomic E-state index is 0.0125. The summed E-state index contributed by atoms with van der Waals surface area (Å²) in [5.41, 5.74) is 3.77. The van der Waals surface area contributed by atoms with E-state index in [-0.39, 0.29) is 12.4 Å². The Labute approximate surface area is 152 Å². The molecule has 1 aromatic heterocycles. The van der Waals surface area contributed by atoms with Crippen LogP contribution in [0.3, 0.4) is 0 Å². The molecule has 0 atom stereocenters. The van der Waals surface area contributed by atoms with Gasteiger partial charge in [-0.3, -0.25) is 0 Å². The Hall–Kier alpha value is -2.77. The van der Waals surface area contributed by atoms with Crippen LogP contribution in [0, 0.1) is 0 Å². The molecule has 0 spiro atoms. The van der Waals surface area contributed by atoms with Crippen LogP contribution >= 0.6 is 0 Å². The van der Waals surface area contributed by atoms with Gasteiger partial charge < -0.3 is 10.4 Å². The van der Waals surface area contributed by atoms with E-state index in [2.05, 4.69) is 15.3 Å². The molecule has 134 valence electrons. The molecule has 3 rings (SSSR count). The number of aromatic nitrogens is 2. The highest BCUT2D eigenvalue weighted by molar-refractivity contribution is 7.89. The van der Waals surface area contributed by atoms with Gasteiger partial charge in [-0.15, -0.1) is 0 Å². The maximum absolute atomic E-state index is 11.5. The number of benzene rings is 2. The van der Waals surface area contributed by atoms with Crippen molar-refractivity contribution in [2.24, 2.45) is 0 Å². The van der Waals surface area contributed by atoms with Gasteiger partial charge in [0.05, 0.1) is 18.1 Å². The molecule has 0 aliphatic rings. The lowest BCUT2D eigenvalue weighted by Gasteiger charge is -2.10. The van der Waals surface area contributed by atoms with E-state index in [9.17, 15) is 13.5 Å². The topological polar surface area (TPSA) is 92.2 Å². The standard InChI is InChI=1S/C19H19N3O3S/c1-26(24,25)12-14-5-4-7-16(9-14)22-19-10-18(20-13-21-19)17-8-3-2-6-15(17)11-23/h2-10,13,23H,11-12H2,1H3,(H,20,21,22). The first-order chi connectivity index (χ1) is 12.4. The minimum atomic E-state index is -3.09. The second-order valence-corrected chi connectivity index (χ2v) is 8.14. The molecule has 0 saturated heterocycles. The van der Waals surface area contributed by atoms with Crippen molar-refractivity contribution in [3.05, 3.63) is 72.1 Å². The van der Waals surface area contributed by atoms with Crippen LogP contribution in [0.15, 0.2) is 60.9 Å². The summed E-state index contributed by atoms with van der Waals surface area (Å²) in [6, 6.07) is 16.5. The molecule has 0 amide bonds. The van der Waals surface area contributed by atoms with Gasteiger partial charge in [0.25, 0.3) is 0 Å². The van der Waals surface area contributed by atoms with Crippen molar-refractivity contribution in [2.75, 3.05) is 11.6 Å². The highest BCUT2D eigenvalue weighted by Gasteiger charge is 2.08. The quantitative estimate of drug-likeness (QED) is 0.694. The monoisotopic (exact) mass is 369 g/mol. The van der Waals surface area contributed by atoms with Gasteiger partial charge in [-0.1, -0.05) is 36.4 Å². The maximum atomic E-state index is 11.5. The SMILES string of the molecule is CS(=O)(=O)Cc1cccc(Nc2cc(-c3ccccc3CO)ncn2)c1. The van der Waals surface area contributed by atoms with Gasteiger partial charge in [0, 0.05) is 23.6 Å². The lowest BCUT2D eigenvalue weighted by molar-refractivity contribution is 0.282. The Kier molecular flexibility index (Phi) is 5.29. The molecule has 3 aromatic rings. The third kappa shape index (κ3) is 4.65. The first-order valence-electron chi connectivity index (χ1n) is 7.99. The summed E-state index contributed by atoms with van der Waals surface area (Å²) in [5, 5.41) is 12.7. The van der Waals surface area contributed by atoms with E-state index in [0.29, 0.717) is 17.1 Å². The van der Waals surface area contributed by atoms with Crippen LogP contribution < -0.4 is 5.32 Å². The Morgan fingerprint density at radius 1 is 1.04 bits per heavy atom. The van der Waals surface area contributed by atoms with Gasteiger partial charge in [-0.25, -0.2) is 18.4 Å². The minimum Gasteiger partial charge on any atom is -0.392 e. The number of aliphatic hydroxyl groups excluding tert-OH is 1. The first kappa shape index (κ1) is 18.0. The fourth-order valence-corrected chi connectivity index (χ4v) is 3.46. The van der Waals surface area contributed by atoms with Crippen LogP contribution in [-0.2, 0) is 22.2 Å². The number of anilines is 2. The van der Waals surface area contributed by atoms with Crippen molar-refractivity contribution < 1.29 is 13.5 Å². The molecule has 0 saturated carbocycles. The van der Waals surface area contributed by atoms with Crippen molar-refractivity contribution >= 4 is 21.3 Å². The Morgan fingerprint density at radius 2 is 1.85 bits per heavy atom. The molecule has 1 heterocycles. The Balaban J connectivity index is 1.87. The predicted molar refractivity (Wildman–Crippen MR) is 102 cm³/mol. The molecule has 0 bridgehead atoms. The number of sulfone groups is 1. The van der Waals surface area contributed by atoms with Crippen LogP contribution in [0.2, 0.25) is 0 Å². The molecule has 0 aliphatic heterocycles. The number of aliphatic hydroxyl groups is 1. The predicted octanol–water partition coefficient (Wildman–Crippen LogP) is 2.92. The number of nitrogens with one attached hydrogen (secondary N) is 1. The Bertz CT molecular complexity index is 1020.